The first-order valence-corrected chi connectivity index (χ1v) is 9.85. The van der Waals surface area contributed by atoms with E-state index in [1.54, 1.807) is 0 Å². The van der Waals surface area contributed by atoms with Crippen molar-refractivity contribution in [2.75, 3.05) is 0 Å². The molecular weight excluding hydrogens is 378 g/mol. The van der Waals surface area contributed by atoms with E-state index >= 15 is 0 Å². The van der Waals surface area contributed by atoms with Crippen LogP contribution in [0.5, 0.6) is 0 Å². The summed E-state index contributed by atoms with van der Waals surface area (Å²) in [6.07, 6.45) is 0. The monoisotopic (exact) mass is 395 g/mol. The number of aryl methyl sites for hydroxylation is 1. The van der Waals surface area contributed by atoms with Gasteiger partial charge in [-0.3, -0.25) is 0 Å². The van der Waals surface area contributed by atoms with E-state index in [4.69, 9.17) is 21.7 Å². The second kappa shape index (κ2) is 7.19. The number of hydrogen-bond donors (Lipinski definition) is 0. The number of para-hydroxylation sites is 1. The Hall–Kier alpha value is -3.43. The van der Waals surface area contributed by atoms with Gasteiger partial charge in [-0.2, -0.15) is 5.10 Å². The average Bonchev–Trinajstić information content (AvgIpc) is 3.14. The van der Waals surface area contributed by atoms with Gasteiger partial charge in [-0.1, -0.05) is 71.8 Å². The predicted octanol–water partition coefficient (Wildman–Crippen LogP) is 6.72. The van der Waals surface area contributed by atoms with Crippen LogP contribution in [0.25, 0.3) is 39.2 Å². The quantitative estimate of drug-likeness (QED) is 0.339. The molecule has 2 aromatic heterocycles. The molecule has 0 atom stereocenters. The van der Waals surface area contributed by atoms with Crippen molar-refractivity contribution in [3.63, 3.8) is 0 Å². The molecule has 0 spiro atoms. The highest BCUT2D eigenvalue weighted by molar-refractivity contribution is 6.30. The van der Waals surface area contributed by atoms with Crippen LogP contribution in [0.2, 0.25) is 5.02 Å². The second-order valence-corrected chi connectivity index (χ2v) is 7.47. The minimum absolute atomic E-state index is 0.709. The Balaban J connectivity index is 1.75. The fourth-order valence-electron chi connectivity index (χ4n) is 3.45. The SMILES string of the molecule is Cc1ccc(-c2ccc3c(-c4ccc(Cl)cc4)nn(-c4ccccc4)c3n2)cc1. The van der Waals surface area contributed by atoms with Crippen LogP contribution in [0.3, 0.4) is 0 Å². The van der Waals surface area contributed by atoms with E-state index in [9.17, 15) is 0 Å². The number of hydrogen-bond acceptors (Lipinski definition) is 2. The molecule has 0 bridgehead atoms. The number of rotatable bonds is 3. The van der Waals surface area contributed by atoms with Gasteiger partial charge in [0.2, 0.25) is 0 Å². The molecule has 0 unspecified atom stereocenters. The Morgan fingerprint density at radius 1 is 0.724 bits per heavy atom. The van der Waals surface area contributed by atoms with Crippen LogP contribution in [-0.2, 0) is 0 Å². The fourth-order valence-corrected chi connectivity index (χ4v) is 3.58. The van der Waals surface area contributed by atoms with Crippen molar-refractivity contribution in [3.8, 4) is 28.2 Å². The molecule has 29 heavy (non-hydrogen) atoms. The third-order valence-corrected chi connectivity index (χ3v) is 5.25. The van der Waals surface area contributed by atoms with E-state index in [1.807, 2.05) is 59.3 Å². The Morgan fingerprint density at radius 3 is 2.14 bits per heavy atom. The zero-order valence-corrected chi connectivity index (χ0v) is 16.6. The van der Waals surface area contributed by atoms with Crippen molar-refractivity contribution >= 4 is 22.6 Å². The summed E-state index contributed by atoms with van der Waals surface area (Å²) in [5, 5.41) is 6.63. The molecular formula is C25H18ClN3. The predicted molar refractivity (Wildman–Crippen MR) is 119 cm³/mol. The molecule has 0 aliphatic carbocycles. The Bertz CT molecular complexity index is 1290. The highest BCUT2D eigenvalue weighted by Gasteiger charge is 2.16. The maximum absolute atomic E-state index is 6.08. The third kappa shape index (κ3) is 3.30. The first-order chi connectivity index (χ1) is 14.2. The van der Waals surface area contributed by atoms with Crippen LogP contribution in [0.1, 0.15) is 5.56 Å². The molecule has 0 radical (unpaired) electrons. The lowest BCUT2D eigenvalue weighted by molar-refractivity contribution is 0.901. The molecule has 3 aromatic carbocycles. The maximum atomic E-state index is 6.08. The minimum Gasteiger partial charge on any atom is -0.228 e. The summed E-state index contributed by atoms with van der Waals surface area (Å²) in [6, 6.07) is 30.4. The van der Waals surface area contributed by atoms with Crippen molar-refractivity contribution in [3.05, 3.63) is 102 Å². The first kappa shape index (κ1) is 17.7. The number of pyridine rings is 1. The minimum atomic E-state index is 0.709. The molecule has 140 valence electrons. The Morgan fingerprint density at radius 2 is 1.41 bits per heavy atom. The van der Waals surface area contributed by atoms with Crippen molar-refractivity contribution in [1.29, 1.82) is 0 Å². The van der Waals surface area contributed by atoms with E-state index in [0.29, 0.717) is 5.02 Å². The second-order valence-electron chi connectivity index (χ2n) is 7.04. The smallest absolute Gasteiger partial charge is 0.164 e. The molecule has 0 aliphatic rings. The molecule has 2 heterocycles. The van der Waals surface area contributed by atoms with Gasteiger partial charge < -0.3 is 0 Å². The van der Waals surface area contributed by atoms with Crippen molar-refractivity contribution in [1.82, 2.24) is 14.8 Å². The Labute approximate surface area is 174 Å². The van der Waals surface area contributed by atoms with E-state index < -0.39 is 0 Å². The van der Waals surface area contributed by atoms with Crippen LogP contribution >= 0.6 is 11.6 Å². The first-order valence-electron chi connectivity index (χ1n) is 9.47. The van der Waals surface area contributed by atoms with Gasteiger partial charge in [-0.15, -0.1) is 0 Å². The van der Waals surface area contributed by atoms with Gasteiger partial charge in [0, 0.05) is 21.5 Å². The van der Waals surface area contributed by atoms with Crippen LogP contribution in [-0.4, -0.2) is 14.8 Å². The summed E-state index contributed by atoms with van der Waals surface area (Å²) < 4.78 is 1.91. The number of aromatic nitrogens is 3. The standard InChI is InChI=1S/C25H18ClN3/c1-17-7-9-18(10-8-17)23-16-15-22-24(19-11-13-20(26)14-12-19)28-29(25(22)27-23)21-5-3-2-4-6-21/h2-16H,1H3. The number of benzene rings is 3. The van der Waals surface area contributed by atoms with Crippen LogP contribution in [0.4, 0.5) is 0 Å². The van der Waals surface area contributed by atoms with Crippen molar-refractivity contribution in [2.24, 2.45) is 0 Å². The molecule has 0 N–H and O–H groups in total. The zero-order chi connectivity index (χ0) is 19.8. The molecule has 0 amide bonds. The fraction of sp³-hybridized carbons (Fsp3) is 0.0400. The molecule has 5 rings (SSSR count). The number of fused-ring (bicyclic) bond motifs is 1. The van der Waals surface area contributed by atoms with Gasteiger partial charge in [-0.05, 0) is 43.3 Å². The molecule has 0 saturated carbocycles. The molecule has 5 aromatic rings. The maximum Gasteiger partial charge on any atom is 0.164 e. The normalized spacial score (nSPS) is 11.1. The van der Waals surface area contributed by atoms with Gasteiger partial charge in [0.15, 0.2) is 5.65 Å². The summed E-state index contributed by atoms with van der Waals surface area (Å²) >= 11 is 6.08. The van der Waals surface area contributed by atoms with Gasteiger partial charge in [0.1, 0.15) is 5.69 Å². The van der Waals surface area contributed by atoms with Gasteiger partial charge >= 0.3 is 0 Å². The van der Waals surface area contributed by atoms with Crippen molar-refractivity contribution < 1.29 is 0 Å². The van der Waals surface area contributed by atoms with Crippen LogP contribution in [0, 0.1) is 6.92 Å². The number of nitrogens with zero attached hydrogens (tertiary/aromatic N) is 3. The zero-order valence-electron chi connectivity index (χ0n) is 15.9. The average molecular weight is 396 g/mol. The molecule has 3 nitrogen and oxygen atoms in total. The molecule has 0 saturated heterocycles. The van der Waals surface area contributed by atoms with Crippen molar-refractivity contribution in [2.45, 2.75) is 6.92 Å². The highest BCUT2D eigenvalue weighted by atomic mass is 35.5. The topological polar surface area (TPSA) is 30.7 Å². The lowest BCUT2D eigenvalue weighted by Crippen LogP contribution is -1.98. The summed E-state index contributed by atoms with van der Waals surface area (Å²) in [4.78, 5) is 4.99. The number of halogens is 1. The van der Waals surface area contributed by atoms with E-state index in [2.05, 4.69) is 43.3 Å². The third-order valence-electron chi connectivity index (χ3n) is 5.00. The van der Waals surface area contributed by atoms with E-state index in [-0.39, 0.29) is 0 Å². The van der Waals surface area contributed by atoms with Gasteiger partial charge in [0.05, 0.1) is 11.4 Å². The lowest BCUT2D eigenvalue weighted by atomic mass is 10.1. The summed E-state index contributed by atoms with van der Waals surface area (Å²) in [5.74, 6) is 0. The van der Waals surface area contributed by atoms with E-state index in [0.717, 1.165) is 39.2 Å². The van der Waals surface area contributed by atoms with E-state index in [1.165, 1.54) is 5.56 Å². The lowest BCUT2D eigenvalue weighted by Gasteiger charge is -2.05. The van der Waals surface area contributed by atoms with Crippen LogP contribution in [0.15, 0.2) is 91.0 Å². The van der Waals surface area contributed by atoms with Crippen LogP contribution < -0.4 is 0 Å². The summed E-state index contributed by atoms with van der Waals surface area (Å²) in [6.45, 7) is 2.09. The Kier molecular flexibility index (Phi) is 4.38. The molecule has 4 heteroatoms. The molecule has 0 aliphatic heterocycles. The largest absolute Gasteiger partial charge is 0.228 e. The summed E-state index contributed by atoms with van der Waals surface area (Å²) in [7, 11) is 0. The highest BCUT2D eigenvalue weighted by Crippen LogP contribution is 2.31. The van der Waals surface area contributed by atoms with Gasteiger partial charge in [-0.25, -0.2) is 9.67 Å². The molecule has 0 fully saturated rings. The van der Waals surface area contributed by atoms with Gasteiger partial charge in [0.25, 0.3) is 0 Å². The summed E-state index contributed by atoms with van der Waals surface area (Å²) in [5.41, 5.74) is 6.96.